The Hall–Kier alpha value is -3.23. The number of hydrazone groups is 1. The number of aromatic nitrogens is 1. The molecule has 156 valence electrons. The summed E-state index contributed by atoms with van der Waals surface area (Å²) in [6.07, 6.45) is 3.77. The van der Waals surface area contributed by atoms with Crippen LogP contribution in [-0.4, -0.2) is 29.1 Å². The molecule has 3 N–H and O–H groups in total. The third-order valence-electron chi connectivity index (χ3n) is 4.72. The maximum absolute atomic E-state index is 12.9. The van der Waals surface area contributed by atoms with E-state index in [9.17, 15) is 9.59 Å². The van der Waals surface area contributed by atoms with Crippen molar-refractivity contribution in [3.8, 4) is 0 Å². The number of thiophene rings is 1. The van der Waals surface area contributed by atoms with Crippen molar-refractivity contribution in [1.82, 2.24) is 15.7 Å². The Kier molecular flexibility index (Phi) is 6.59. The first kappa shape index (κ1) is 21.0. The minimum atomic E-state index is -0.782. The van der Waals surface area contributed by atoms with Crippen LogP contribution in [0.25, 0.3) is 10.9 Å². The van der Waals surface area contributed by atoms with Crippen LogP contribution in [0, 0.1) is 0 Å². The fourth-order valence-corrected chi connectivity index (χ4v) is 4.06. The molecule has 0 fully saturated rings. The Balaban J connectivity index is 1.51. The fraction of sp³-hybridized carbons (Fsp3) is 0.0870. The Morgan fingerprint density at radius 1 is 1.10 bits per heavy atom. The standard InChI is InChI=1S/C23H19BrN4O2S/c24-17-9-7-15(8-10-17)13-26-28-22(29)20(27-23(30)21-6-3-11-31-21)12-16-14-25-19-5-2-1-4-18(16)19/h1-11,13-14,20,25H,12H2,(H,27,30)(H,28,29)/b26-13-/t20-/m0/s1. The van der Waals surface area contributed by atoms with Gasteiger partial charge in [0.05, 0.1) is 11.1 Å². The van der Waals surface area contributed by atoms with Crippen LogP contribution in [0.15, 0.2) is 81.8 Å². The first-order valence-corrected chi connectivity index (χ1v) is 11.3. The zero-order chi connectivity index (χ0) is 21.6. The van der Waals surface area contributed by atoms with E-state index >= 15 is 0 Å². The van der Waals surface area contributed by atoms with Gasteiger partial charge in [0.1, 0.15) is 6.04 Å². The number of benzene rings is 2. The monoisotopic (exact) mass is 494 g/mol. The van der Waals surface area contributed by atoms with E-state index in [1.807, 2.05) is 60.1 Å². The second kappa shape index (κ2) is 9.72. The van der Waals surface area contributed by atoms with Gasteiger partial charge in [-0.25, -0.2) is 5.43 Å². The van der Waals surface area contributed by atoms with E-state index in [4.69, 9.17) is 0 Å². The van der Waals surface area contributed by atoms with E-state index in [1.165, 1.54) is 11.3 Å². The number of carbonyl (C=O) groups excluding carboxylic acids is 2. The van der Waals surface area contributed by atoms with E-state index in [0.29, 0.717) is 11.3 Å². The average Bonchev–Trinajstić information content (AvgIpc) is 3.45. The molecule has 2 heterocycles. The molecular formula is C23H19BrN4O2S. The molecule has 0 saturated heterocycles. The fourth-order valence-electron chi connectivity index (χ4n) is 3.16. The molecular weight excluding hydrogens is 476 g/mol. The Morgan fingerprint density at radius 3 is 2.68 bits per heavy atom. The van der Waals surface area contributed by atoms with Crippen molar-refractivity contribution in [1.29, 1.82) is 0 Å². The van der Waals surface area contributed by atoms with Gasteiger partial charge in [0, 0.05) is 28.0 Å². The highest BCUT2D eigenvalue weighted by Gasteiger charge is 2.23. The molecule has 0 bridgehead atoms. The van der Waals surface area contributed by atoms with Crippen LogP contribution in [0.5, 0.6) is 0 Å². The number of amides is 2. The van der Waals surface area contributed by atoms with Gasteiger partial charge >= 0.3 is 0 Å². The van der Waals surface area contributed by atoms with Crippen molar-refractivity contribution >= 4 is 56.2 Å². The van der Waals surface area contributed by atoms with Crippen LogP contribution in [0.2, 0.25) is 0 Å². The molecule has 0 radical (unpaired) electrons. The molecule has 0 saturated carbocycles. The third kappa shape index (κ3) is 5.28. The second-order valence-corrected chi connectivity index (χ2v) is 8.72. The summed E-state index contributed by atoms with van der Waals surface area (Å²) >= 11 is 4.71. The lowest BCUT2D eigenvalue weighted by Crippen LogP contribution is -2.46. The van der Waals surface area contributed by atoms with Crippen molar-refractivity contribution < 1.29 is 9.59 Å². The number of H-pyrrole nitrogens is 1. The molecule has 4 aromatic rings. The maximum atomic E-state index is 12.9. The van der Waals surface area contributed by atoms with Crippen LogP contribution >= 0.6 is 27.3 Å². The highest BCUT2D eigenvalue weighted by molar-refractivity contribution is 9.10. The van der Waals surface area contributed by atoms with Gasteiger partial charge in [-0.15, -0.1) is 11.3 Å². The molecule has 2 aromatic heterocycles. The van der Waals surface area contributed by atoms with Gasteiger partial charge in [0.25, 0.3) is 11.8 Å². The minimum Gasteiger partial charge on any atom is -0.361 e. The summed E-state index contributed by atoms with van der Waals surface area (Å²) in [6.45, 7) is 0. The van der Waals surface area contributed by atoms with Crippen LogP contribution in [-0.2, 0) is 11.2 Å². The molecule has 4 rings (SSSR count). The van der Waals surface area contributed by atoms with Gasteiger partial charge in [-0.2, -0.15) is 5.10 Å². The largest absolute Gasteiger partial charge is 0.361 e. The van der Waals surface area contributed by atoms with Gasteiger partial charge in [0.15, 0.2) is 0 Å². The molecule has 31 heavy (non-hydrogen) atoms. The van der Waals surface area contributed by atoms with Gasteiger partial charge < -0.3 is 10.3 Å². The van der Waals surface area contributed by atoms with E-state index < -0.39 is 6.04 Å². The first-order valence-electron chi connectivity index (χ1n) is 9.58. The zero-order valence-corrected chi connectivity index (χ0v) is 18.7. The lowest BCUT2D eigenvalue weighted by Gasteiger charge is -2.16. The van der Waals surface area contributed by atoms with Gasteiger partial charge in [0.2, 0.25) is 0 Å². The lowest BCUT2D eigenvalue weighted by atomic mass is 10.0. The normalized spacial score (nSPS) is 12.2. The van der Waals surface area contributed by atoms with Crippen LogP contribution in [0.3, 0.4) is 0 Å². The molecule has 2 amide bonds. The number of fused-ring (bicyclic) bond motifs is 1. The number of hydrogen-bond donors (Lipinski definition) is 3. The lowest BCUT2D eigenvalue weighted by molar-refractivity contribution is -0.122. The highest BCUT2D eigenvalue weighted by Crippen LogP contribution is 2.19. The summed E-state index contributed by atoms with van der Waals surface area (Å²) in [5.74, 6) is -0.671. The quantitative estimate of drug-likeness (QED) is 0.261. The van der Waals surface area contributed by atoms with Crippen molar-refractivity contribution in [2.75, 3.05) is 0 Å². The van der Waals surface area contributed by atoms with Crippen molar-refractivity contribution in [3.63, 3.8) is 0 Å². The van der Waals surface area contributed by atoms with E-state index in [0.717, 1.165) is 26.5 Å². The van der Waals surface area contributed by atoms with E-state index in [-0.39, 0.29) is 11.8 Å². The Bertz CT molecular complexity index is 1220. The number of nitrogens with one attached hydrogen (secondary N) is 3. The number of carbonyl (C=O) groups is 2. The number of hydrogen-bond acceptors (Lipinski definition) is 4. The van der Waals surface area contributed by atoms with E-state index in [2.05, 4.69) is 36.8 Å². The molecule has 0 aliphatic carbocycles. The molecule has 0 aliphatic rings. The van der Waals surface area contributed by atoms with Gasteiger partial charge in [-0.3, -0.25) is 9.59 Å². The molecule has 0 unspecified atom stereocenters. The summed E-state index contributed by atoms with van der Waals surface area (Å²) in [5.41, 5.74) is 5.33. The maximum Gasteiger partial charge on any atom is 0.262 e. The summed E-state index contributed by atoms with van der Waals surface area (Å²) in [4.78, 5) is 29.3. The Labute approximate surface area is 191 Å². The summed E-state index contributed by atoms with van der Waals surface area (Å²) < 4.78 is 0.962. The third-order valence-corrected chi connectivity index (χ3v) is 6.12. The predicted molar refractivity (Wildman–Crippen MR) is 127 cm³/mol. The molecule has 1 atom stereocenters. The van der Waals surface area contributed by atoms with Gasteiger partial charge in [-0.05, 0) is 40.8 Å². The molecule has 0 aliphatic heterocycles. The topological polar surface area (TPSA) is 86.3 Å². The van der Waals surface area contributed by atoms with Crippen molar-refractivity contribution in [2.45, 2.75) is 12.5 Å². The predicted octanol–water partition coefficient (Wildman–Crippen LogP) is 4.48. The Morgan fingerprint density at radius 2 is 1.90 bits per heavy atom. The number of para-hydroxylation sites is 1. The van der Waals surface area contributed by atoms with Crippen molar-refractivity contribution in [3.05, 3.63) is 92.7 Å². The zero-order valence-electron chi connectivity index (χ0n) is 16.3. The van der Waals surface area contributed by atoms with Crippen LogP contribution in [0.4, 0.5) is 0 Å². The smallest absolute Gasteiger partial charge is 0.262 e. The molecule has 0 spiro atoms. The van der Waals surface area contributed by atoms with Gasteiger partial charge in [-0.1, -0.05) is 52.3 Å². The highest BCUT2D eigenvalue weighted by atomic mass is 79.9. The van der Waals surface area contributed by atoms with Crippen LogP contribution in [0.1, 0.15) is 20.8 Å². The minimum absolute atomic E-state index is 0.285. The summed E-state index contributed by atoms with van der Waals surface area (Å²) in [7, 11) is 0. The molecule has 6 nitrogen and oxygen atoms in total. The van der Waals surface area contributed by atoms with Crippen molar-refractivity contribution in [2.24, 2.45) is 5.10 Å². The van der Waals surface area contributed by atoms with E-state index in [1.54, 1.807) is 18.3 Å². The summed E-state index contributed by atoms with van der Waals surface area (Å²) in [6, 6.07) is 18.1. The summed E-state index contributed by atoms with van der Waals surface area (Å²) in [5, 5.41) is 9.74. The SMILES string of the molecule is O=C(N[C@@H](Cc1c[nH]c2ccccc12)C(=O)N/N=C\c1ccc(Br)cc1)c1cccs1. The number of nitrogens with zero attached hydrogens (tertiary/aromatic N) is 1. The number of aromatic amines is 1. The number of halogens is 1. The first-order chi connectivity index (χ1) is 15.1. The average molecular weight is 495 g/mol. The van der Waals surface area contributed by atoms with Crippen LogP contribution < -0.4 is 10.7 Å². The second-order valence-electron chi connectivity index (χ2n) is 6.85. The molecule has 8 heteroatoms. The molecule has 2 aromatic carbocycles. The number of rotatable bonds is 7.